The van der Waals surface area contributed by atoms with Gasteiger partial charge in [-0.05, 0) is 64.2 Å². The predicted octanol–water partition coefficient (Wildman–Crippen LogP) is 10.9. The van der Waals surface area contributed by atoms with Crippen LogP contribution < -0.4 is 5.32 Å². The van der Waals surface area contributed by atoms with Crippen molar-refractivity contribution in [1.82, 2.24) is 5.32 Å². The average Bonchev–Trinajstić information content (AvgIpc) is 3.46. The molecule has 1 saturated carbocycles. The molecule has 4 atom stereocenters. The van der Waals surface area contributed by atoms with E-state index in [2.05, 4.69) is 26.1 Å². The summed E-state index contributed by atoms with van der Waals surface area (Å²) in [6.45, 7) is 7.22. The van der Waals surface area contributed by atoms with Gasteiger partial charge in [-0.1, -0.05) is 143 Å². The van der Waals surface area contributed by atoms with Gasteiger partial charge in [-0.3, -0.25) is 14.9 Å². The number of carbonyl (C=O) groups is 2. The lowest BCUT2D eigenvalue weighted by Gasteiger charge is -2.24. The summed E-state index contributed by atoms with van der Waals surface area (Å²) in [5, 5.41) is 13.8. The molecule has 0 spiro atoms. The molecule has 0 radical (unpaired) electrons. The molecule has 0 heterocycles. The second-order valence-electron chi connectivity index (χ2n) is 14.3. The molecule has 0 aromatic carbocycles. The van der Waals surface area contributed by atoms with Gasteiger partial charge in [-0.2, -0.15) is 0 Å². The third kappa shape index (κ3) is 24.1. The predicted molar refractivity (Wildman–Crippen MR) is 193 cm³/mol. The molecular weight excluding hydrogens is 574 g/mol. The van der Waals surface area contributed by atoms with Gasteiger partial charge < -0.3 is 14.6 Å². The minimum Gasteiger partial charge on any atom is -0.465 e. The smallest absolute Gasteiger partial charge is 0.323 e. The Bertz CT molecular complexity index is 701. The maximum Gasteiger partial charge on any atom is 0.323 e. The van der Waals surface area contributed by atoms with Crippen molar-refractivity contribution in [2.75, 3.05) is 6.61 Å². The standard InChI is InChI=1S/C40H77NO5/c1-4-7-10-13-15-18-23-29-35(28-22-12-9-6-3)46-39(43)33-25-20-17-19-24-30-37(41-36-31-27-32-38(36)42)40(44)45-34-26-21-16-14-11-8-5-2/h35-38,41-42H,4-34H2,1-3H3. The summed E-state index contributed by atoms with van der Waals surface area (Å²) in [6, 6.07) is -0.355. The van der Waals surface area contributed by atoms with Gasteiger partial charge in [0.25, 0.3) is 0 Å². The minimum atomic E-state index is -0.371. The second-order valence-corrected chi connectivity index (χ2v) is 14.3. The summed E-state index contributed by atoms with van der Waals surface area (Å²) in [4.78, 5) is 25.6. The average molecular weight is 652 g/mol. The van der Waals surface area contributed by atoms with E-state index in [1.54, 1.807) is 0 Å². The van der Waals surface area contributed by atoms with Crippen molar-refractivity contribution in [3.8, 4) is 0 Å². The molecule has 6 nitrogen and oxygen atoms in total. The first kappa shape index (κ1) is 42.9. The van der Waals surface area contributed by atoms with E-state index >= 15 is 0 Å². The van der Waals surface area contributed by atoms with E-state index in [4.69, 9.17) is 9.47 Å². The summed E-state index contributed by atoms with van der Waals surface area (Å²) in [6.07, 6.45) is 32.9. The lowest BCUT2D eigenvalue weighted by molar-refractivity contribution is -0.150. The van der Waals surface area contributed by atoms with Crippen LogP contribution in [-0.4, -0.2) is 47.9 Å². The molecule has 0 saturated heterocycles. The van der Waals surface area contributed by atoms with Gasteiger partial charge in [0.05, 0.1) is 12.7 Å². The number of hydrogen-bond donors (Lipinski definition) is 2. The number of aliphatic hydroxyl groups excluding tert-OH is 1. The second kappa shape index (κ2) is 31.1. The Labute approximate surface area is 285 Å². The fourth-order valence-electron chi connectivity index (χ4n) is 6.78. The Morgan fingerprint density at radius 1 is 0.630 bits per heavy atom. The molecular formula is C40H77NO5. The van der Waals surface area contributed by atoms with Gasteiger partial charge in [0.2, 0.25) is 0 Å². The van der Waals surface area contributed by atoms with Crippen molar-refractivity contribution in [2.45, 2.75) is 238 Å². The van der Waals surface area contributed by atoms with E-state index in [1.165, 1.54) is 96.3 Å². The maximum absolute atomic E-state index is 13.0. The summed E-state index contributed by atoms with van der Waals surface area (Å²) in [5.41, 5.74) is 0. The van der Waals surface area contributed by atoms with Crippen molar-refractivity contribution in [2.24, 2.45) is 0 Å². The van der Waals surface area contributed by atoms with Crippen LogP contribution in [0.15, 0.2) is 0 Å². The normalized spacial score (nSPS) is 17.7. The van der Waals surface area contributed by atoms with Crippen LogP contribution in [0.1, 0.15) is 213 Å². The first-order chi connectivity index (χ1) is 22.5. The summed E-state index contributed by atoms with van der Waals surface area (Å²) < 4.78 is 11.7. The van der Waals surface area contributed by atoms with Crippen LogP contribution in [0.5, 0.6) is 0 Å². The van der Waals surface area contributed by atoms with Gasteiger partial charge in [0.15, 0.2) is 0 Å². The zero-order valence-corrected chi connectivity index (χ0v) is 30.8. The van der Waals surface area contributed by atoms with Crippen molar-refractivity contribution in [1.29, 1.82) is 0 Å². The molecule has 0 aromatic heterocycles. The number of esters is 2. The van der Waals surface area contributed by atoms with E-state index in [-0.39, 0.29) is 36.2 Å². The zero-order valence-electron chi connectivity index (χ0n) is 30.8. The quantitative estimate of drug-likeness (QED) is 0.0542. The number of hydrogen-bond acceptors (Lipinski definition) is 6. The lowest BCUT2D eigenvalue weighted by atomic mass is 10.0. The maximum atomic E-state index is 13.0. The van der Waals surface area contributed by atoms with E-state index < -0.39 is 0 Å². The van der Waals surface area contributed by atoms with E-state index in [0.717, 1.165) is 89.9 Å². The monoisotopic (exact) mass is 652 g/mol. The summed E-state index contributed by atoms with van der Waals surface area (Å²) in [7, 11) is 0. The molecule has 1 aliphatic rings. The van der Waals surface area contributed by atoms with E-state index in [9.17, 15) is 14.7 Å². The molecule has 1 fully saturated rings. The Balaban J connectivity index is 2.30. The van der Waals surface area contributed by atoms with Gasteiger partial charge in [0, 0.05) is 12.5 Å². The molecule has 272 valence electrons. The summed E-state index contributed by atoms with van der Waals surface area (Å²) in [5.74, 6) is -0.180. The molecule has 4 unspecified atom stereocenters. The molecule has 0 amide bonds. The van der Waals surface area contributed by atoms with Crippen LogP contribution in [0, 0.1) is 0 Å². The van der Waals surface area contributed by atoms with Crippen LogP contribution >= 0.6 is 0 Å². The number of rotatable bonds is 33. The van der Waals surface area contributed by atoms with Crippen LogP contribution in [0.4, 0.5) is 0 Å². The molecule has 0 aromatic rings. The van der Waals surface area contributed by atoms with E-state index in [0.29, 0.717) is 13.0 Å². The number of ether oxygens (including phenoxy) is 2. The van der Waals surface area contributed by atoms with Gasteiger partial charge in [-0.25, -0.2) is 0 Å². The Morgan fingerprint density at radius 3 is 1.65 bits per heavy atom. The highest BCUT2D eigenvalue weighted by atomic mass is 16.5. The van der Waals surface area contributed by atoms with Crippen molar-refractivity contribution >= 4 is 11.9 Å². The fraction of sp³-hybridized carbons (Fsp3) is 0.950. The topological polar surface area (TPSA) is 84.9 Å². The van der Waals surface area contributed by atoms with Crippen LogP contribution in [0.2, 0.25) is 0 Å². The first-order valence-electron chi connectivity index (χ1n) is 20.3. The van der Waals surface area contributed by atoms with Crippen LogP contribution in [0.25, 0.3) is 0 Å². The number of carbonyl (C=O) groups excluding carboxylic acids is 2. The Hall–Kier alpha value is -1.14. The third-order valence-corrected chi connectivity index (χ3v) is 9.85. The highest BCUT2D eigenvalue weighted by Crippen LogP contribution is 2.21. The van der Waals surface area contributed by atoms with Crippen LogP contribution in [-0.2, 0) is 19.1 Å². The van der Waals surface area contributed by atoms with Crippen molar-refractivity contribution in [3.05, 3.63) is 0 Å². The fourth-order valence-corrected chi connectivity index (χ4v) is 6.78. The molecule has 6 heteroatoms. The number of unbranched alkanes of at least 4 members (excludes halogenated alkanes) is 19. The highest BCUT2D eigenvalue weighted by Gasteiger charge is 2.30. The molecule has 2 N–H and O–H groups in total. The number of nitrogens with one attached hydrogen (secondary N) is 1. The molecule has 46 heavy (non-hydrogen) atoms. The van der Waals surface area contributed by atoms with Crippen LogP contribution in [0.3, 0.4) is 0 Å². The minimum absolute atomic E-state index is 0.0107. The SMILES string of the molecule is CCCCCCCCCOC(=O)C(CCCCCCCC(=O)OC(CCCCCC)CCCCCCCCC)NC1CCCC1O. The third-order valence-electron chi connectivity index (χ3n) is 9.85. The highest BCUT2D eigenvalue weighted by molar-refractivity contribution is 5.75. The summed E-state index contributed by atoms with van der Waals surface area (Å²) >= 11 is 0. The largest absolute Gasteiger partial charge is 0.465 e. The Morgan fingerprint density at radius 2 is 1.11 bits per heavy atom. The van der Waals surface area contributed by atoms with Gasteiger partial charge in [-0.15, -0.1) is 0 Å². The number of aliphatic hydroxyl groups is 1. The molecule has 1 aliphatic carbocycles. The first-order valence-corrected chi connectivity index (χ1v) is 20.3. The van der Waals surface area contributed by atoms with Crippen molar-refractivity contribution in [3.63, 3.8) is 0 Å². The zero-order chi connectivity index (χ0) is 33.5. The lowest BCUT2D eigenvalue weighted by Crippen LogP contribution is -2.47. The molecule has 0 bridgehead atoms. The van der Waals surface area contributed by atoms with E-state index in [1.807, 2.05) is 0 Å². The molecule has 0 aliphatic heterocycles. The Kier molecular flexibility index (Phi) is 29.0. The van der Waals surface area contributed by atoms with Gasteiger partial charge >= 0.3 is 11.9 Å². The van der Waals surface area contributed by atoms with Crippen molar-refractivity contribution < 1.29 is 24.2 Å². The van der Waals surface area contributed by atoms with Gasteiger partial charge in [0.1, 0.15) is 12.1 Å². The molecule has 1 rings (SSSR count).